The highest BCUT2D eigenvalue weighted by Crippen LogP contribution is 2.40. The van der Waals surface area contributed by atoms with Gasteiger partial charge in [-0.25, -0.2) is 13.6 Å². The molecule has 0 aromatic heterocycles. The lowest BCUT2D eigenvalue weighted by Crippen LogP contribution is -2.49. The number of carboxylic acids is 1. The highest BCUT2D eigenvalue weighted by Gasteiger charge is 2.42. The van der Waals surface area contributed by atoms with Crippen molar-refractivity contribution in [3.63, 3.8) is 0 Å². The second-order valence-corrected chi connectivity index (χ2v) is 17.5. The van der Waals surface area contributed by atoms with E-state index in [-0.39, 0.29) is 43.1 Å². The SMILES string of the molecule is Cc1cc(F)ccc1[C@H]1CN(C(=O)C(=O)O)CC[C@@H]1C(=O)N(C)Cc1cc(C(F)(F)F)cc(C(F)(F)F)c1.Cc1cc(F)ccc1[C@H]1CNCC[C@@H]1C(=O)N(C)Cc1cc(C(F)(F)F)cc(C(F)(F)F)c1. The number of carbonyl (C=O) groups excluding carboxylic acids is 3. The lowest BCUT2D eigenvalue weighted by atomic mass is 9.78. The third-order valence-electron chi connectivity index (χ3n) is 12.3. The second kappa shape index (κ2) is 21.6. The van der Waals surface area contributed by atoms with Gasteiger partial charge in [0.2, 0.25) is 11.8 Å². The van der Waals surface area contributed by atoms with Gasteiger partial charge in [0.15, 0.2) is 0 Å². The van der Waals surface area contributed by atoms with E-state index in [1.165, 1.54) is 38.4 Å². The quantitative estimate of drug-likeness (QED) is 0.134. The maximum atomic E-state index is 13.7. The van der Waals surface area contributed by atoms with Crippen LogP contribution in [0.1, 0.15) is 80.3 Å². The third-order valence-corrected chi connectivity index (χ3v) is 12.3. The fraction of sp³-hybridized carbons (Fsp3) is 0.417. The van der Waals surface area contributed by atoms with Crippen LogP contribution in [0.3, 0.4) is 0 Å². The van der Waals surface area contributed by atoms with Crippen molar-refractivity contribution in [2.24, 2.45) is 11.8 Å². The van der Waals surface area contributed by atoms with Gasteiger partial charge in [-0.15, -0.1) is 0 Å². The average molecular weight is 1020 g/mol. The number of rotatable bonds is 8. The van der Waals surface area contributed by atoms with Crippen molar-refractivity contribution in [2.45, 2.75) is 76.3 Å². The number of nitrogens with zero attached hydrogens (tertiary/aromatic N) is 3. The summed E-state index contributed by atoms with van der Waals surface area (Å²) in [4.78, 5) is 53.1. The fourth-order valence-electron chi connectivity index (χ4n) is 8.96. The van der Waals surface area contributed by atoms with Gasteiger partial charge in [-0.1, -0.05) is 12.1 Å². The molecule has 23 heteroatoms. The van der Waals surface area contributed by atoms with Crippen LogP contribution in [0.5, 0.6) is 0 Å². The predicted molar refractivity (Wildman–Crippen MR) is 227 cm³/mol. The minimum Gasteiger partial charge on any atom is -0.474 e. The van der Waals surface area contributed by atoms with E-state index in [1.54, 1.807) is 19.9 Å². The number of aryl methyl sites for hydroxylation is 2. The molecule has 4 atom stereocenters. The maximum absolute atomic E-state index is 13.7. The molecule has 2 saturated heterocycles. The van der Waals surface area contributed by atoms with E-state index < -0.39 is 119 Å². The van der Waals surface area contributed by atoms with Crippen molar-refractivity contribution >= 4 is 23.7 Å². The summed E-state index contributed by atoms with van der Waals surface area (Å²) in [7, 11) is 2.58. The largest absolute Gasteiger partial charge is 0.474 e. The molecular formula is C48H46F14N4O5. The van der Waals surface area contributed by atoms with Crippen LogP contribution in [0, 0.1) is 37.3 Å². The number of likely N-dealkylation sites (tertiary alicyclic amines) is 1. The van der Waals surface area contributed by atoms with E-state index in [0.29, 0.717) is 60.5 Å². The number of alkyl halides is 12. The summed E-state index contributed by atoms with van der Waals surface area (Å²) in [5.41, 5.74) is -4.21. The van der Waals surface area contributed by atoms with Gasteiger partial charge < -0.3 is 25.1 Å². The van der Waals surface area contributed by atoms with Gasteiger partial charge in [-0.3, -0.25) is 14.4 Å². The van der Waals surface area contributed by atoms with Crippen LogP contribution in [-0.2, 0) is 57.0 Å². The molecule has 3 amide bonds. The van der Waals surface area contributed by atoms with Gasteiger partial charge in [0.05, 0.1) is 22.3 Å². The van der Waals surface area contributed by atoms with E-state index in [1.807, 2.05) is 0 Å². The molecule has 2 N–H and O–H groups in total. The van der Waals surface area contributed by atoms with Gasteiger partial charge in [0.1, 0.15) is 11.6 Å². The van der Waals surface area contributed by atoms with Crippen LogP contribution in [-0.4, -0.2) is 83.8 Å². The van der Waals surface area contributed by atoms with Gasteiger partial charge in [-0.05, 0) is 127 Å². The molecule has 0 bridgehead atoms. The van der Waals surface area contributed by atoms with Crippen LogP contribution < -0.4 is 5.32 Å². The number of carbonyl (C=O) groups is 4. The Balaban J connectivity index is 0.000000267. The van der Waals surface area contributed by atoms with Crippen LogP contribution in [0.25, 0.3) is 0 Å². The number of halogens is 14. The first-order valence-corrected chi connectivity index (χ1v) is 21.6. The summed E-state index contributed by atoms with van der Waals surface area (Å²) >= 11 is 0. The molecule has 2 aliphatic heterocycles. The second-order valence-electron chi connectivity index (χ2n) is 17.5. The van der Waals surface area contributed by atoms with E-state index in [9.17, 15) is 80.6 Å². The zero-order valence-corrected chi connectivity index (χ0v) is 38.1. The lowest BCUT2D eigenvalue weighted by Gasteiger charge is -2.39. The minimum absolute atomic E-state index is 0.00610. The summed E-state index contributed by atoms with van der Waals surface area (Å²) in [5, 5.41) is 12.3. The molecule has 71 heavy (non-hydrogen) atoms. The van der Waals surface area contributed by atoms with Crippen LogP contribution in [0.4, 0.5) is 61.5 Å². The zero-order chi connectivity index (χ0) is 53.1. The molecule has 0 saturated carbocycles. The van der Waals surface area contributed by atoms with Gasteiger partial charge in [0, 0.05) is 70.5 Å². The Kier molecular flexibility index (Phi) is 16.9. The summed E-state index contributed by atoms with van der Waals surface area (Å²) < 4.78 is 186. The number of amides is 3. The number of carboxylic acid groups (broad SMARTS) is 1. The number of aliphatic carboxylic acids is 1. The summed E-state index contributed by atoms with van der Waals surface area (Å²) in [6.07, 6.45) is -19.6. The number of nitrogens with one attached hydrogen (secondary N) is 1. The Labute approximate surface area is 397 Å². The topological polar surface area (TPSA) is 110 Å². The fourth-order valence-corrected chi connectivity index (χ4v) is 8.96. The Morgan fingerprint density at radius 2 is 0.972 bits per heavy atom. The van der Waals surface area contributed by atoms with E-state index in [0.717, 1.165) is 26.3 Å². The van der Waals surface area contributed by atoms with Crippen molar-refractivity contribution in [2.75, 3.05) is 40.3 Å². The van der Waals surface area contributed by atoms with E-state index in [2.05, 4.69) is 5.32 Å². The maximum Gasteiger partial charge on any atom is 0.416 e. The normalized spacial score (nSPS) is 18.8. The molecule has 2 heterocycles. The smallest absolute Gasteiger partial charge is 0.416 e. The molecule has 0 aliphatic carbocycles. The molecular weight excluding hydrogens is 979 g/mol. The van der Waals surface area contributed by atoms with Crippen molar-refractivity contribution in [1.29, 1.82) is 0 Å². The standard InChI is InChI=1S/C25H23F7N2O4.C23H23F7N2O/c1-13-7-17(26)3-4-18(13)20-12-34(22(36)23(37)38)6-5-19(20)21(35)33(2)11-14-8-15(24(27,28)29)10-16(9-14)25(30,31)32;1-13-7-17(24)3-4-18(13)20-11-31-6-5-19(20)21(33)32(2)12-14-8-15(22(25,26)27)10-16(9-14)23(28,29)30/h3-4,7-10,19-20H,5-6,11-12H2,1-2H3,(H,37,38);3-4,7-10,19-20,31H,5-6,11-12H2,1-2H3/t2*19-,20+/m00/s1. The van der Waals surface area contributed by atoms with Gasteiger partial charge in [-0.2, -0.15) is 52.7 Å². The number of hydrogen-bond donors (Lipinski definition) is 2. The molecule has 4 aromatic carbocycles. The first kappa shape index (κ1) is 55.7. The zero-order valence-electron chi connectivity index (χ0n) is 38.1. The molecule has 0 spiro atoms. The first-order chi connectivity index (χ1) is 32.8. The van der Waals surface area contributed by atoms with Crippen molar-refractivity contribution in [3.8, 4) is 0 Å². The van der Waals surface area contributed by atoms with E-state index in [4.69, 9.17) is 5.11 Å². The number of piperidine rings is 2. The predicted octanol–water partition coefficient (Wildman–Crippen LogP) is 10.4. The Morgan fingerprint density at radius 3 is 1.34 bits per heavy atom. The molecule has 2 fully saturated rings. The first-order valence-electron chi connectivity index (χ1n) is 21.6. The van der Waals surface area contributed by atoms with Crippen LogP contribution in [0.2, 0.25) is 0 Å². The Hall–Kier alpha value is -6.26. The molecule has 4 aromatic rings. The molecule has 9 nitrogen and oxygen atoms in total. The van der Waals surface area contributed by atoms with Crippen molar-refractivity contribution in [1.82, 2.24) is 20.0 Å². The summed E-state index contributed by atoms with van der Waals surface area (Å²) in [6.45, 7) is 2.95. The Bertz CT molecular complexity index is 2550. The highest BCUT2D eigenvalue weighted by atomic mass is 19.4. The third kappa shape index (κ3) is 14.0. The van der Waals surface area contributed by atoms with Crippen LogP contribution >= 0.6 is 0 Å². The Morgan fingerprint density at radius 1 is 0.592 bits per heavy atom. The molecule has 386 valence electrons. The average Bonchev–Trinajstić information content (AvgIpc) is 3.27. The monoisotopic (exact) mass is 1020 g/mol. The molecule has 2 aliphatic rings. The molecule has 0 unspecified atom stereocenters. The lowest BCUT2D eigenvalue weighted by molar-refractivity contribution is -0.157. The van der Waals surface area contributed by atoms with Gasteiger partial charge in [0.25, 0.3) is 0 Å². The highest BCUT2D eigenvalue weighted by molar-refractivity contribution is 6.31. The number of hydrogen-bond acceptors (Lipinski definition) is 5. The summed E-state index contributed by atoms with van der Waals surface area (Å²) in [6, 6.07) is 10.4. The van der Waals surface area contributed by atoms with Crippen molar-refractivity contribution in [3.05, 3.63) is 140 Å². The van der Waals surface area contributed by atoms with Gasteiger partial charge >= 0.3 is 36.6 Å². The van der Waals surface area contributed by atoms with Crippen molar-refractivity contribution < 1.29 is 85.8 Å². The molecule has 0 radical (unpaired) electrons. The molecule has 6 rings (SSSR count). The minimum atomic E-state index is -5.05. The number of benzene rings is 4. The summed E-state index contributed by atoms with van der Waals surface area (Å²) in [5.74, 6) is -7.46. The van der Waals surface area contributed by atoms with Crippen LogP contribution in [0.15, 0.2) is 72.8 Å². The van der Waals surface area contributed by atoms with E-state index >= 15 is 0 Å².